The van der Waals surface area contributed by atoms with Crippen molar-refractivity contribution >= 4 is 28.7 Å². The summed E-state index contributed by atoms with van der Waals surface area (Å²) in [5.74, 6) is 1.16. The summed E-state index contributed by atoms with van der Waals surface area (Å²) >= 11 is 1.04. The molecule has 7 nitrogen and oxygen atoms in total. The maximum absolute atomic E-state index is 11.7. The van der Waals surface area contributed by atoms with Crippen molar-refractivity contribution < 1.29 is 28.9 Å². The highest BCUT2D eigenvalue weighted by molar-refractivity contribution is 8.13. The Labute approximate surface area is 152 Å². The Morgan fingerprint density at radius 3 is 2.40 bits per heavy atom. The summed E-state index contributed by atoms with van der Waals surface area (Å²) in [4.78, 5) is 22.5. The van der Waals surface area contributed by atoms with E-state index in [9.17, 15) is 9.59 Å². The molecule has 25 heavy (non-hydrogen) atoms. The molecule has 0 fully saturated rings. The molecular formula is C17H25NO6S. The van der Waals surface area contributed by atoms with Gasteiger partial charge in [0.1, 0.15) is 24.6 Å². The van der Waals surface area contributed by atoms with Crippen LogP contribution in [0.15, 0.2) is 24.3 Å². The smallest absolute Gasteiger partial charge is 0.412 e. The van der Waals surface area contributed by atoms with E-state index >= 15 is 0 Å². The van der Waals surface area contributed by atoms with Crippen LogP contribution in [0.25, 0.3) is 0 Å². The molecule has 1 amide bonds. The van der Waals surface area contributed by atoms with Gasteiger partial charge >= 0.3 is 6.09 Å². The van der Waals surface area contributed by atoms with E-state index in [1.54, 1.807) is 45.0 Å². The zero-order valence-corrected chi connectivity index (χ0v) is 15.6. The number of amides is 1. The molecule has 0 saturated heterocycles. The normalized spacial score (nSPS) is 11.0. The Morgan fingerprint density at radius 2 is 1.80 bits per heavy atom. The first-order valence-corrected chi connectivity index (χ1v) is 8.86. The van der Waals surface area contributed by atoms with E-state index in [1.165, 1.54) is 0 Å². The lowest BCUT2D eigenvalue weighted by atomic mass is 10.2. The molecule has 0 radical (unpaired) electrons. The molecule has 8 heteroatoms. The third kappa shape index (κ3) is 10.6. The van der Waals surface area contributed by atoms with Crippen molar-refractivity contribution in [2.24, 2.45) is 0 Å². The third-order valence-corrected chi connectivity index (χ3v) is 3.44. The van der Waals surface area contributed by atoms with Crippen molar-refractivity contribution in [1.82, 2.24) is 0 Å². The molecule has 0 aliphatic carbocycles. The van der Waals surface area contributed by atoms with Crippen molar-refractivity contribution in [3.63, 3.8) is 0 Å². The van der Waals surface area contributed by atoms with Crippen LogP contribution in [0.3, 0.4) is 0 Å². The minimum absolute atomic E-state index is 0.264. The van der Waals surface area contributed by atoms with Crippen molar-refractivity contribution in [1.29, 1.82) is 0 Å². The lowest BCUT2D eigenvalue weighted by molar-refractivity contribution is -0.113. The standard InChI is InChI=1S/C17H25NO6S/c1-17(2,3)24-16(21)18-13-4-6-14(7-5-13)23-9-8-22-10-11-25-15(20)12-19/h4-7,19H,8-12H2,1-3H3,(H,18,21). The average molecular weight is 371 g/mol. The third-order valence-electron chi connectivity index (χ3n) is 2.62. The van der Waals surface area contributed by atoms with E-state index in [-0.39, 0.29) is 5.12 Å². The minimum Gasteiger partial charge on any atom is -0.491 e. The maximum atomic E-state index is 11.7. The van der Waals surface area contributed by atoms with E-state index in [0.29, 0.717) is 37.0 Å². The van der Waals surface area contributed by atoms with Crippen LogP contribution in [0.5, 0.6) is 5.75 Å². The number of aliphatic hydroxyl groups is 1. The van der Waals surface area contributed by atoms with Crippen LogP contribution in [0, 0.1) is 0 Å². The number of nitrogens with one attached hydrogen (secondary N) is 1. The molecule has 2 N–H and O–H groups in total. The SMILES string of the molecule is CC(C)(C)OC(=O)Nc1ccc(OCCOCCSC(=O)CO)cc1. The predicted molar refractivity (Wildman–Crippen MR) is 97.2 cm³/mol. The highest BCUT2D eigenvalue weighted by Crippen LogP contribution is 2.17. The Kier molecular flexibility index (Phi) is 9.33. The van der Waals surface area contributed by atoms with Crippen LogP contribution in [0.4, 0.5) is 10.5 Å². The van der Waals surface area contributed by atoms with Crippen LogP contribution in [-0.2, 0) is 14.3 Å². The molecule has 0 aliphatic heterocycles. The summed E-state index contributed by atoms with van der Waals surface area (Å²) < 4.78 is 16.0. The number of rotatable bonds is 9. The molecule has 0 heterocycles. The van der Waals surface area contributed by atoms with Gasteiger partial charge in [0.05, 0.1) is 13.2 Å². The van der Waals surface area contributed by atoms with Gasteiger partial charge in [0.15, 0.2) is 0 Å². The summed E-state index contributed by atoms with van der Waals surface area (Å²) in [7, 11) is 0. The summed E-state index contributed by atoms with van der Waals surface area (Å²) in [6, 6.07) is 6.92. The zero-order chi connectivity index (χ0) is 18.7. The number of anilines is 1. The van der Waals surface area contributed by atoms with E-state index in [0.717, 1.165) is 11.8 Å². The number of hydrogen-bond acceptors (Lipinski definition) is 7. The average Bonchev–Trinajstić information content (AvgIpc) is 2.53. The van der Waals surface area contributed by atoms with Gasteiger partial charge in [-0.05, 0) is 45.0 Å². The molecule has 0 saturated carbocycles. The van der Waals surface area contributed by atoms with Crippen molar-refractivity contribution in [3.8, 4) is 5.75 Å². The fraction of sp³-hybridized carbons (Fsp3) is 0.529. The number of benzene rings is 1. The van der Waals surface area contributed by atoms with Gasteiger partial charge in [-0.25, -0.2) is 4.79 Å². The largest absolute Gasteiger partial charge is 0.491 e. The molecule has 1 rings (SSSR count). The molecule has 140 valence electrons. The highest BCUT2D eigenvalue weighted by atomic mass is 32.2. The molecular weight excluding hydrogens is 346 g/mol. The van der Waals surface area contributed by atoms with Crippen molar-refractivity contribution in [2.45, 2.75) is 26.4 Å². The van der Waals surface area contributed by atoms with Crippen LogP contribution in [0.2, 0.25) is 0 Å². The van der Waals surface area contributed by atoms with Gasteiger partial charge in [0, 0.05) is 11.4 Å². The number of aliphatic hydroxyl groups excluding tert-OH is 1. The number of carbonyl (C=O) groups is 2. The monoisotopic (exact) mass is 371 g/mol. The van der Waals surface area contributed by atoms with Crippen LogP contribution in [-0.4, -0.2) is 54.1 Å². The minimum atomic E-state index is -0.545. The Hall–Kier alpha value is -1.77. The molecule has 0 bridgehead atoms. The van der Waals surface area contributed by atoms with Gasteiger partial charge < -0.3 is 19.3 Å². The number of ether oxygens (including phenoxy) is 3. The summed E-state index contributed by atoms with van der Waals surface area (Å²) in [6.07, 6.45) is -0.507. The van der Waals surface area contributed by atoms with Gasteiger partial charge in [0.2, 0.25) is 5.12 Å². The summed E-state index contributed by atoms with van der Waals surface area (Å²) in [5.41, 5.74) is 0.0697. The van der Waals surface area contributed by atoms with E-state index in [1.807, 2.05) is 0 Å². The topological polar surface area (TPSA) is 94.1 Å². The van der Waals surface area contributed by atoms with Gasteiger partial charge in [0.25, 0.3) is 0 Å². The maximum Gasteiger partial charge on any atom is 0.412 e. The zero-order valence-electron chi connectivity index (χ0n) is 14.7. The van der Waals surface area contributed by atoms with Crippen molar-refractivity contribution in [3.05, 3.63) is 24.3 Å². The molecule has 0 atom stereocenters. The Morgan fingerprint density at radius 1 is 1.12 bits per heavy atom. The first kappa shape index (κ1) is 21.3. The first-order valence-electron chi connectivity index (χ1n) is 7.87. The van der Waals surface area contributed by atoms with E-state index in [4.69, 9.17) is 19.3 Å². The molecule has 1 aromatic rings. The Balaban J connectivity index is 2.20. The second-order valence-corrected chi connectivity index (χ2v) is 7.14. The van der Waals surface area contributed by atoms with E-state index in [2.05, 4.69) is 5.32 Å². The molecule has 0 aliphatic rings. The molecule has 0 aromatic heterocycles. The number of thioether (sulfide) groups is 1. The highest BCUT2D eigenvalue weighted by Gasteiger charge is 2.16. The number of hydrogen-bond donors (Lipinski definition) is 2. The van der Waals surface area contributed by atoms with Crippen molar-refractivity contribution in [2.75, 3.05) is 37.5 Å². The van der Waals surface area contributed by atoms with Gasteiger partial charge in [-0.2, -0.15) is 0 Å². The van der Waals surface area contributed by atoms with E-state index < -0.39 is 18.3 Å². The number of carbonyl (C=O) groups excluding carboxylic acids is 2. The van der Waals surface area contributed by atoms with Crippen LogP contribution < -0.4 is 10.1 Å². The van der Waals surface area contributed by atoms with Gasteiger partial charge in [-0.1, -0.05) is 11.8 Å². The quantitative estimate of drug-likeness (QED) is 0.645. The second-order valence-electron chi connectivity index (χ2n) is 5.99. The Bertz CT molecular complexity index is 541. The fourth-order valence-corrected chi connectivity index (χ4v) is 2.16. The molecule has 1 aromatic carbocycles. The second kappa shape index (κ2) is 11.0. The molecule has 0 unspecified atom stereocenters. The fourth-order valence-electron chi connectivity index (χ4n) is 1.64. The molecule has 0 spiro atoms. The van der Waals surface area contributed by atoms with Gasteiger partial charge in [-0.3, -0.25) is 10.1 Å². The van der Waals surface area contributed by atoms with Crippen LogP contribution >= 0.6 is 11.8 Å². The lowest BCUT2D eigenvalue weighted by Crippen LogP contribution is -2.27. The summed E-state index contributed by atoms with van der Waals surface area (Å²) in [5, 5.41) is 10.9. The predicted octanol–water partition coefficient (Wildman–Crippen LogP) is 2.68. The first-order chi connectivity index (χ1) is 11.8. The van der Waals surface area contributed by atoms with Gasteiger partial charge in [-0.15, -0.1) is 0 Å². The summed E-state index contributed by atoms with van der Waals surface area (Å²) in [6.45, 7) is 6.13. The lowest BCUT2D eigenvalue weighted by Gasteiger charge is -2.19. The van der Waals surface area contributed by atoms with Crippen LogP contribution in [0.1, 0.15) is 20.8 Å².